The van der Waals surface area contributed by atoms with E-state index in [2.05, 4.69) is 39.7 Å². The normalized spacial score (nSPS) is 11.8. The molecule has 0 radical (unpaired) electrons. The molecule has 1 heterocycles. The Kier molecular flexibility index (Phi) is 5.47. The highest BCUT2D eigenvalue weighted by molar-refractivity contribution is 5.92. The van der Waals surface area contributed by atoms with Crippen LogP contribution >= 0.6 is 0 Å². The van der Waals surface area contributed by atoms with Gasteiger partial charge in [-0.1, -0.05) is 26.0 Å². The molecule has 0 spiro atoms. The van der Waals surface area contributed by atoms with E-state index >= 15 is 0 Å². The molecular formula is C17H22N4O. The number of nitrogens with one attached hydrogen (secondary N) is 2. The van der Waals surface area contributed by atoms with Crippen LogP contribution in [0.25, 0.3) is 0 Å². The minimum Gasteiger partial charge on any atom is -0.348 e. The Morgan fingerprint density at radius 3 is 2.55 bits per heavy atom. The van der Waals surface area contributed by atoms with Crippen molar-refractivity contribution in [3.05, 3.63) is 47.8 Å². The lowest BCUT2D eigenvalue weighted by Gasteiger charge is -2.11. The van der Waals surface area contributed by atoms with Gasteiger partial charge < -0.3 is 10.6 Å². The number of hydrogen-bond donors (Lipinski definition) is 2. The first kappa shape index (κ1) is 15.9. The Bertz CT molecular complexity index is 625. The second-order valence-corrected chi connectivity index (χ2v) is 5.22. The molecule has 0 fully saturated rings. The van der Waals surface area contributed by atoms with Crippen molar-refractivity contribution in [2.24, 2.45) is 0 Å². The van der Waals surface area contributed by atoms with Gasteiger partial charge in [0, 0.05) is 17.9 Å². The third-order valence-corrected chi connectivity index (χ3v) is 3.50. The molecule has 0 bridgehead atoms. The molecule has 0 saturated heterocycles. The summed E-state index contributed by atoms with van der Waals surface area (Å²) >= 11 is 0. The van der Waals surface area contributed by atoms with Gasteiger partial charge in [-0.2, -0.15) is 0 Å². The van der Waals surface area contributed by atoms with Crippen LogP contribution in [0, 0.1) is 0 Å². The first-order valence-electron chi connectivity index (χ1n) is 7.62. The van der Waals surface area contributed by atoms with Crippen LogP contribution < -0.4 is 10.6 Å². The molecule has 1 atom stereocenters. The van der Waals surface area contributed by atoms with E-state index in [1.54, 1.807) is 12.3 Å². The van der Waals surface area contributed by atoms with Gasteiger partial charge in [0.05, 0.1) is 0 Å². The molecule has 2 N–H and O–H groups in total. The van der Waals surface area contributed by atoms with E-state index < -0.39 is 0 Å². The number of aromatic nitrogens is 2. The Morgan fingerprint density at radius 2 is 1.91 bits per heavy atom. The number of benzene rings is 1. The van der Waals surface area contributed by atoms with Crippen molar-refractivity contribution in [3.63, 3.8) is 0 Å². The molecule has 0 aliphatic heterocycles. The predicted molar refractivity (Wildman–Crippen MR) is 88.4 cm³/mol. The summed E-state index contributed by atoms with van der Waals surface area (Å²) in [6.45, 7) is 6.11. The van der Waals surface area contributed by atoms with Crippen molar-refractivity contribution in [1.29, 1.82) is 0 Å². The van der Waals surface area contributed by atoms with Crippen molar-refractivity contribution in [2.75, 3.05) is 5.32 Å². The van der Waals surface area contributed by atoms with Gasteiger partial charge in [-0.15, -0.1) is 0 Å². The molecule has 2 aromatic rings. The number of hydrogen-bond acceptors (Lipinski definition) is 4. The summed E-state index contributed by atoms with van der Waals surface area (Å²) in [7, 11) is 0. The predicted octanol–water partition coefficient (Wildman–Crippen LogP) is 3.31. The average Bonchev–Trinajstić information content (AvgIpc) is 2.55. The van der Waals surface area contributed by atoms with Crippen LogP contribution in [0.5, 0.6) is 0 Å². The van der Waals surface area contributed by atoms with Gasteiger partial charge in [-0.3, -0.25) is 4.79 Å². The fourth-order valence-corrected chi connectivity index (χ4v) is 1.90. The summed E-state index contributed by atoms with van der Waals surface area (Å²) in [6, 6.07) is 9.81. The fraction of sp³-hybridized carbons (Fsp3) is 0.353. The second kappa shape index (κ2) is 7.54. The Labute approximate surface area is 131 Å². The van der Waals surface area contributed by atoms with Crippen LogP contribution in [0.3, 0.4) is 0 Å². The molecular weight excluding hydrogens is 276 g/mol. The molecule has 116 valence electrons. The van der Waals surface area contributed by atoms with E-state index in [0.29, 0.717) is 11.6 Å². The number of amides is 1. The second-order valence-electron chi connectivity index (χ2n) is 5.22. The van der Waals surface area contributed by atoms with Gasteiger partial charge in [0.2, 0.25) is 5.95 Å². The number of aryl methyl sites for hydroxylation is 1. The Morgan fingerprint density at radius 1 is 1.18 bits per heavy atom. The van der Waals surface area contributed by atoms with Crippen molar-refractivity contribution < 1.29 is 4.79 Å². The molecule has 1 aromatic heterocycles. The first-order chi connectivity index (χ1) is 10.6. The molecule has 1 aromatic carbocycles. The van der Waals surface area contributed by atoms with Crippen molar-refractivity contribution in [3.8, 4) is 0 Å². The molecule has 22 heavy (non-hydrogen) atoms. The lowest BCUT2D eigenvalue weighted by molar-refractivity contribution is 0.0934. The Balaban J connectivity index is 2.08. The zero-order valence-corrected chi connectivity index (χ0v) is 13.3. The van der Waals surface area contributed by atoms with E-state index in [-0.39, 0.29) is 11.9 Å². The summed E-state index contributed by atoms with van der Waals surface area (Å²) in [5, 5.41) is 6.01. The maximum atomic E-state index is 12.1. The molecule has 5 heteroatoms. The molecule has 0 saturated carbocycles. The smallest absolute Gasteiger partial charge is 0.270 e. The average molecular weight is 298 g/mol. The number of carbonyl (C=O) groups is 1. The monoisotopic (exact) mass is 298 g/mol. The highest BCUT2D eigenvalue weighted by atomic mass is 16.1. The van der Waals surface area contributed by atoms with Crippen molar-refractivity contribution >= 4 is 17.5 Å². The molecule has 1 amide bonds. The third kappa shape index (κ3) is 4.28. The molecule has 1 unspecified atom stereocenters. The van der Waals surface area contributed by atoms with Crippen LogP contribution in [0.2, 0.25) is 0 Å². The zero-order valence-electron chi connectivity index (χ0n) is 13.3. The third-order valence-electron chi connectivity index (χ3n) is 3.50. The van der Waals surface area contributed by atoms with Gasteiger partial charge in [0.15, 0.2) is 0 Å². The summed E-state index contributed by atoms with van der Waals surface area (Å²) in [6.07, 6.45) is 3.47. The number of nitrogens with zero attached hydrogens (tertiary/aromatic N) is 2. The minimum absolute atomic E-state index is 0.125. The molecule has 2 rings (SSSR count). The SMILES string of the molecule is CCc1ccc(Nc2nccc(C(=O)NC(C)CC)n2)cc1. The Hall–Kier alpha value is -2.43. The summed E-state index contributed by atoms with van der Waals surface area (Å²) < 4.78 is 0. The summed E-state index contributed by atoms with van der Waals surface area (Å²) in [5.74, 6) is 0.238. The lowest BCUT2D eigenvalue weighted by atomic mass is 10.1. The minimum atomic E-state index is -0.180. The van der Waals surface area contributed by atoms with Crippen LogP contribution in [-0.2, 0) is 6.42 Å². The molecule has 0 aliphatic carbocycles. The van der Waals surface area contributed by atoms with Crippen LogP contribution in [-0.4, -0.2) is 21.9 Å². The molecule has 5 nitrogen and oxygen atoms in total. The van der Waals surface area contributed by atoms with Crippen LogP contribution in [0.15, 0.2) is 36.5 Å². The van der Waals surface area contributed by atoms with Crippen LogP contribution in [0.1, 0.15) is 43.2 Å². The van der Waals surface area contributed by atoms with Gasteiger partial charge in [0.25, 0.3) is 5.91 Å². The number of rotatable bonds is 6. The van der Waals surface area contributed by atoms with Crippen LogP contribution in [0.4, 0.5) is 11.6 Å². The van der Waals surface area contributed by atoms with E-state index in [0.717, 1.165) is 18.5 Å². The summed E-state index contributed by atoms with van der Waals surface area (Å²) in [5.41, 5.74) is 2.54. The van der Waals surface area contributed by atoms with E-state index in [4.69, 9.17) is 0 Å². The van der Waals surface area contributed by atoms with Gasteiger partial charge in [-0.25, -0.2) is 9.97 Å². The first-order valence-corrected chi connectivity index (χ1v) is 7.62. The van der Waals surface area contributed by atoms with E-state index in [1.165, 1.54) is 5.56 Å². The highest BCUT2D eigenvalue weighted by Gasteiger charge is 2.11. The number of anilines is 2. The topological polar surface area (TPSA) is 66.9 Å². The van der Waals surface area contributed by atoms with E-state index in [9.17, 15) is 4.79 Å². The standard InChI is InChI=1S/C17H22N4O/c1-4-12(3)19-16(22)15-10-11-18-17(21-15)20-14-8-6-13(5-2)7-9-14/h6-12H,4-5H2,1-3H3,(H,19,22)(H,18,20,21). The van der Waals surface area contributed by atoms with Gasteiger partial charge in [-0.05, 0) is 43.5 Å². The van der Waals surface area contributed by atoms with Crippen molar-refractivity contribution in [1.82, 2.24) is 15.3 Å². The van der Waals surface area contributed by atoms with Gasteiger partial charge in [0.1, 0.15) is 5.69 Å². The number of carbonyl (C=O) groups excluding carboxylic acids is 1. The zero-order chi connectivity index (χ0) is 15.9. The quantitative estimate of drug-likeness (QED) is 0.858. The maximum absolute atomic E-state index is 12.1. The van der Waals surface area contributed by atoms with E-state index in [1.807, 2.05) is 26.0 Å². The lowest BCUT2D eigenvalue weighted by Crippen LogP contribution is -2.32. The fourth-order valence-electron chi connectivity index (χ4n) is 1.90. The van der Waals surface area contributed by atoms with Gasteiger partial charge >= 0.3 is 0 Å². The largest absolute Gasteiger partial charge is 0.348 e. The summed E-state index contributed by atoms with van der Waals surface area (Å²) in [4.78, 5) is 20.5. The highest BCUT2D eigenvalue weighted by Crippen LogP contribution is 2.14. The maximum Gasteiger partial charge on any atom is 0.270 e. The molecule has 0 aliphatic rings. The van der Waals surface area contributed by atoms with Crippen molar-refractivity contribution in [2.45, 2.75) is 39.7 Å².